The number of rotatable bonds is 8. The summed E-state index contributed by atoms with van der Waals surface area (Å²) >= 11 is 0. The van der Waals surface area contributed by atoms with E-state index in [1.165, 1.54) is 24.0 Å². The molecule has 0 saturated heterocycles. The van der Waals surface area contributed by atoms with E-state index in [1.54, 1.807) is 26.8 Å². The minimum absolute atomic E-state index is 0.0829. The number of hydrogen-bond acceptors (Lipinski definition) is 3. The molecule has 0 aliphatic carbocycles. The summed E-state index contributed by atoms with van der Waals surface area (Å²) in [7, 11) is 0. The molecule has 1 aromatic carbocycles. The lowest BCUT2D eigenvalue weighted by atomic mass is 9.77. The van der Waals surface area contributed by atoms with Crippen molar-refractivity contribution in [3.05, 3.63) is 53.6 Å². The molecule has 27 heavy (non-hydrogen) atoms. The first kappa shape index (κ1) is 25.6. The predicted molar refractivity (Wildman–Crippen MR) is 117 cm³/mol. The highest BCUT2D eigenvalue weighted by molar-refractivity contribution is 5.60. The van der Waals surface area contributed by atoms with Gasteiger partial charge in [0, 0.05) is 0 Å². The van der Waals surface area contributed by atoms with E-state index >= 15 is 0 Å². The van der Waals surface area contributed by atoms with Crippen LogP contribution in [0.3, 0.4) is 0 Å². The van der Waals surface area contributed by atoms with Gasteiger partial charge in [0.05, 0.1) is 12.2 Å². The summed E-state index contributed by atoms with van der Waals surface area (Å²) in [6.45, 7) is 18.3. The Hall–Kier alpha value is -1.42. The normalized spacial score (nSPS) is 14.0. The summed E-state index contributed by atoms with van der Waals surface area (Å²) < 4.78 is 0. The molecule has 0 radical (unpaired) electrons. The number of allylic oxidation sites excluding steroid dienone is 2. The molecule has 2 unspecified atom stereocenters. The highest BCUT2D eigenvalue weighted by atomic mass is 17.1. The summed E-state index contributed by atoms with van der Waals surface area (Å²) in [6, 6.07) is 6.30. The van der Waals surface area contributed by atoms with Gasteiger partial charge in [-0.05, 0) is 61.6 Å². The SMILES string of the molecule is C=C/C=C\c1c(CO)cccc1C(CC(C)C)C(C)CC.CC(C)(C)OO. The van der Waals surface area contributed by atoms with Gasteiger partial charge in [-0.2, -0.15) is 0 Å². The van der Waals surface area contributed by atoms with Crippen molar-refractivity contribution in [3.8, 4) is 0 Å². The molecule has 3 nitrogen and oxygen atoms in total. The van der Waals surface area contributed by atoms with Crippen LogP contribution in [0.2, 0.25) is 0 Å². The van der Waals surface area contributed by atoms with Crippen LogP contribution in [0.15, 0.2) is 36.9 Å². The Kier molecular flexibility index (Phi) is 12.2. The zero-order valence-electron chi connectivity index (χ0n) is 18.3. The fraction of sp³-hybridized carbons (Fsp3) is 0.583. The Morgan fingerprint density at radius 3 is 2.19 bits per heavy atom. The van der Waals surface area contributed by atoms with Crippen LogP contribution < -0.4 is 0 Å². The van der Waals surface area contributed by atoms with Crippen LogP contribution in [0.5, 0.6) is 0 Å². The van der Waals surface area contributed by atoms with E-state index < -0.39 is 5.60 Å². The number of benzene rings is 1. The first-order chi connectivity index (χ1) is 12.6. The molecular weight excluding hydrogens is 336 g/mol. The van der Waals surface area contributed by atoms with Crippen molar-refractivity contribution in [1.29, 1.82) is 0 Å². The van der Waals surface area contributed by atoms with Crippen LogP contribution in [-0.4, -0.2) is 16.0 Å². The van der Waals surface area contributed by atoms with Gasteiger partial charge >= 0.3 is 0 Å². The summed E-state index contributed by atoms with van der Waals surface area (Å²) in [5.74, 6) is 1.83. The lowest BCUT2D eigenvalue weighted by Crippen LogP contribution is -2.15. The predicted octanol–water partition coefficient (Wildman–Crippen LogP) is 6.83. The molecule has 0 fully saturated rings. The molecule has 154 valence electrons. The molecule has 0 spiro atoms. The van der Waals surface area contributed by atoms with E-state index in [2.05, 4.69) is 57.4 Å². The van der Waals surface area contributed by atoms with Crippen molar-refractivity contribution >= 4 is 6.08 Å². The van der Waals surface area contributed by atoms with Gasteiger partial charge in [0.25, 0.3) is 0 Å². The Morgan fingerprint density at radius 2 is 1.78 bits per heavy atom. The molecule has 2 atom stereocenters. The summed E-state index contributed by atoms with van der Waals surface area (Å²) in [5.41, 5.74) is 3.14. The maximum Gasteiger partial charge on any atom is 0.0949 e. The van der Waals surface area contributed by atoms with E-state index in [9.17, 15) is 5.11 Å². The van der Waals surface area contributed by atoms with Crippen LogP contribution >= 0.6 is 0 Å². The fourth-order valence-corrected chi connectivity index (χ4v) is 2.92. The molecule has 2 N–H and O–H groups in total. The number of aliphatic hydroxyl groups is 1. The monoisotopic (exact) mass is 376 g/mol. The zero-order valence-corrected chi connectivity index (χ0v) is 18.3. The van der Waals surface area contributed by atoms with E-state index in [4.69, 9.17) is 5.26 Å². The highest BCUT2D eigenvalue weighted by Gasteiger charge is 2.22. The van der Waals surface area contributed by atoms with Crippen molar-refractivity contribution in [2.45, 2.75) is 79.4 Å². The van der Waals surface area contributed by atoms with Gasteiger partial charge in [0.2, 0.25) is 0 Å². The number of hydrogen-bond donors (Lipinski definition) is 2. The standard InChI is InChI=1S/C20H30O.C4H10O2/c1-6-8-11-18-17(14-21)10-9-12-19(18)20(13-15(3)4)16(5)7-2;1-4(2,3)6-5/h6,8-12,15-16,20-21H,1,7,13-14H2,2-5H3;5H,1-3H3/b11-8-;. The third-order valence-electron chi connectivity index (χ3n) is 4.53. The average Bonchev–Trinajstić information content (AvgIpc) is 2.63. The van der Waals surface area contributed by atoms with Gasteiger partial charge < -0.3 is 5.11 Å². The van der Waals surface area contributed by atoms with Crippen molar-refractivity contribution in [2.24, 2.45) is 11.8 Å². The van der Waals surface area contributed by atoms with E-state index in [0.717, 1.165) is 5.56 Å². The molecule has 1 rings (SSSR count). The second kappa shape index (κ2) is 12.9. The maximum absolute atomic E-state index is 9.64. The van der Waals surface area contributed by atoms with Gasteiger partial charge in [0.1, 0.15) is 0 Å². The van der Waals surface area contributed by atoms with Gasteiger partial charge in [-0.3, -0.25) is 5.26 Å². The Bertz CT molecular complexity index is 567. The van der Waals surface area contributed by atoms with Crippen molar-refractivity contribution in [2.75, 3.05) is 0 Å². The van der Waals surface area contributed by atoms with Gasteiger partial charge in [-0.25, -0.2) is 4.89 Å². The van der Waals surface area contributed by atoms with Crippen LogP contribution in [0.25, 0.3) is 6.08 Å². The second-order valence-corrected chi connectivity index (χ2v) is 8.50. The third-order valence-corrected chi connectivity index (χ3v) is 4.53. The van der Waals surface area contributed by atoms with Crippen LogP contribution in [0, 0.1) is 11.8 Å². The van der Waals surface area contributed by atoms with Gasteiger partial charge in [-0.1, -0.05) is 77.1 Å². The second-order valence-electron chi connectivity index (χ2n) is 8.50. The molecule has 0 bridgehead atoms. The van der Waals surface area contributed by atoms with Crippen molar-refractivity contribution in [3.63, 3.8) is 0 Å². The molecule has 0 aliphatic rings. The Balaban J connectivity index is 0.000000972. The zero-order chi connectivity index (χ0) is 21.0. The Labute approximate surface area is 166 Å². The average molecular weight is 377 g/mol. The topological polar surface area (TPSA) is 49.7 Å². The quantitative estimate of drug-likeness (QED) is 0.297. The number of aliphatic hydroxyl groups excluding tert-OH is 1. The van der Waals surface area contributed by atoms with Crippen LogP contribution in [0.1, 0.15) is 83.9 Å². The van der Waals surface area contributed by atoms with E-state index in [-0.39, 0.29) is 6.61 Å². The fourth-order valence-electron chi connectivity index (χ4n) is 2.92. The highest BCUT2D eigenvalue weighted by Crippen LogP contribution is 2.36. The molecule has 1 aromatic rings. The smallest absolute Gasteiger partial charge is 0.0949 e. The van der Waals surface area contributed by atoms with E-state index in [1.807, 2.05) is 12.1 Å². The molecule has 0 aliphatic heterocycles. The van der Waals surface area contributed by atoms with Crippen LogP contribution in [-0.2, 0) is 11.5 Å². The van der Waals surface area contributed by atoms with Crippen molar-refractivity contribution in [1.82, 2.24) is 0 Å². The minimum atomic E-state index is -0.403. The first-order valence-electron chi connectivity index (χ1n) is 9.95. The van der Waals surface area contributed by atoms with Gasteiger partial charge in [0.15, 0.2) is 0 Å². The largest absolute Gasteiger partial charge is 0.392 e. The Morgan fingerprint density at radius 1 is 1.19 bits per heavy atom. The minimum Gasteiger partial charge on any atom is -0.392 e. The summed E-state index contributed by atoms with van der Waals surface area (Å²) in [4.78, 5) is 3.94. The van der Waals surface area contributed by atoms with Gasteiger partial charge in [-0.15, -0.1) is 0 Å². The van der Waals surface area contributed by atoms with Crippen molar-refractivity contribution < 1.29 is 15.3 Å². The lowest BCUT2D eigenvalue weighted by Gasteiger charge is -2.27. The lowest BCUT2D eigenvalue weighted by molar-refractivity contribution is -0.306. The molecule has 0 aromatic heterocycles. The summed E-state index contributed by atoms with van der Waals surface area (Å²) in [6.07, 6.45) is 8.19. The van der Waals surface area contributed by atoms with E-state index in [0.29, 0.717) is 17.8 Å². The molecular formula is C24H40O3. The molecule has 3 heteroatoms. The summed E-state index contributed by atoms with van der Waals surface area (Å²) in [5, 5.41) is 17.5. The molecule has 0 heterocycles. The maximum atomic E-state index is 9.64. The van der Waals surface area contributed by atoms with Crippen LogP contribution in [0.4, 0.5) is 0 Å². The molecule has 0 saturated carbocycles. The first-order valence-corrected chi connectivity index (χ1v) is 9.95. The third kappa shape index (κ3) is 9.90. The molecule has 0 amide bonds.